The first-order valence-corrected chi connectivity index (χ1v) is 9.32. The van der Waals surface area contributed by atoms with Crippen LogP contribution in [-0.2, 0) is 12.8 Å². The van der Waals surface area contributed by atoms with Gasteiger partial charge in [-0.3, -0.25) is 4.99 Å². The van der Waals surface area contributed by atoms with Crippen molar-refractivity contribution in [1.29, 1.82) is 0 Å². The lowest BCUT2D eigenvalue weighted by Crippen LogP contribution is -2.46. The first-order valence-electron chi connectivity index (χ1n) is 8.13. The normalized spacial score (nSPS) is 18.0. The van der Waals surface area contributed by atoms with E-state index in [0.29, 0.717) is 16.9 Å². The fraction of sp³-hybridized carbons (Fsp3) is 0.389. The van der Waals surface area contributed by atoms with Crippen LogP contribution in [0.2, 0.25) is 4.34 Å². The molecule has 2 atom stereocenters. The van der Waals surface area contributed by atoms with Crippen LogP contribution in [0.4, 0.5) is 0 Å². The number of benzene rings is 1. The Kier molecular flexibility index (Phi) is 7.99. The predicted molar refractivity (Wildman–Crippen MR) is 116 cm³/mol. The van der Waals surface area contributed by atoms with E-state index in [1.807, 2.05) is 6.07 Å². The molecule has 0 fully saturated rings. The third-order valence-electron chi connectivity index (χ3n) is 4.30. The van der Waals surface area contributed by atoms with E-state index in [4.69, 9.17) is 11.6 Å². The van der Waals surface area contributed by atoms with Crippen LogP contribution in [0, 0.1) is 0 Å². The smallest absolute Gasteiger partial charge is 0.191 e. The van der Waals surface area contributed by atoms with Gasteiger partial charge in [0.2, 0.25) is 0 Å². The maximum absolute atomic E-state index is 10.2. The van der Waals surface area contributed by atoms with Crippen molar-refractivity contribution >= 4 is 52.9 Å². The van der Waals surface area contributed by atoms with Gasteiger partial charge in [0.15, 0.2) is 5.96 Å². The molecule has 2 aromatic rings. The van der Waals surface area contributed by atoms with Gasteiger partial charge >= 0.3 is 0 Å². The zero-order valence-electron chi connectivity index (χ0n) is 14.0. The number of hydrogen-bond donors (Lipinski definition) is 3. The lowest BCUT2D eigenvalue weighted by atomic mass is 9.88. The summed E-state index contributed by atoms with van der Waals surface area (Å²) in [6.45, 7) is 0.403. The van der Waals surface area contributed by atoms with Crippen LogP contribution in [0.1, 0.15) is 28.5 Å². The van der Waals surface area contributed by atoms with Gasteiger partial charge in [-0.05, 0) is 42.5 Å². The number of hydrogen-bond acceptors (Lipinski definition) is 3. The van der Waals surface area contributed by atoms with E-state index in [-0.39, 0.29) is 24.0 Å². The van der Waals surface area contributed by atoms with Gasteiger partial charge in [-0.2, -0.15) is 0 Å². The van der Waals surface area contributed by atoms with Crippen molar-refractivity contribution in [3.05, 3.63) is 56.7 Å². The Hall–Kier alpha value is -0.830. The third-order valence-corrected chi connectivity index (χ3v) is 5.63. The summed E-state index contributed by atoms with van der Waals surface area (Å²) in [5.74, 6) is 0.723. The quantitative estimate of drug-likeness (QED) is 0.347. The molecule has 25 heavy (non-hydrogen) atoms. The Morgan fingerprint density at radius 3 is 2.76 bits per heavy atom. The Morgan fingerprint density at radius 1 is 1.32 bits per heavy atom. The Labute approximate surface area is 174 Å². The summed E-state index contributed by atoms with van der Waals surface area (Å²) >= 11 is 7.31. The van der Waals surface area contributed by atoms with E-state index in [0.717, 1.165) is 30.1 Å². The molecule has 0 bridgehead atoms. The molecule has 0 spiro atoms. The highest BCUT2D eigenvalue weighted by atomic mass is 127. The number of fused-ring (bicyclic) bond motifs is 1. The van der Waals surface area contributed by atoms with E-state index in [2.05, 4.69) is 39.9 Å². The molecule has 1 aromatic carbocycles. The van der Waals surface area contributed by atoms with Crippen molar-refractivity contribution < 1.29 is 5.11 Å². The molecule has 4 nitrogen and oxygen atoms in total. The molecule has 3 rings (SSSR count). The Bertz CT molecular complexity index is 722. The molecule has 0 saturated heterocycles. The summed E-state index contributed by atoms with van der Waals surface area (Å²) in [6, 6.07) is 12.6. The first-order chi connectivity index (χ1) is 11.7. The van der Waals surface area contributed by atoms with E-state index >= 15 is 0 Å². The van der Waals surface area contributed by atoms with Crippen molar-refractivity contribution in [2.45, 2.75) is 31.4 Å². The molecule has 0 radical (unpaired) electrons. The van der Waals surface area contributed by atoms with Crippen LogP contribution in [0.5, 0.6) is 0 Å². The van der Waals surface area contributed by atoms with E-state index < -0.39 is 6.10 Å². The van der Waals surface area contributed by atoms with Gasteiger partial charge in [0, 0.05) is 24.5 Å². The summed E-state index contributed by atoms with van der Waals surface area (Å²) in [5, 5.41) is 16.9. The molecule has 2 unspecified atom stereocenters. The summed E-state index contributed by atoms with van der Waals surface area (Å²) in [5.41, 5.74) is 2.86. The number of rotatable bonds is 4. The SMILES string of the molecule is CN=C(NCC(O)c1ccc(Cl)s1)NC1CCc2ccccc2C1.I. The number of aliphatic hydroxyl groups excluding tert-OH is 1. The fourth-order valence-electron chi connectivity index (χ4n) is 3.01. The maximum atomic E-state index is 10.2. The Morgan fingerprint density at radius 2 is 2.08 bits per heavy atom. The molecular weight excluding hydrogens is 469 g/mol. The summed E-state index contributed by atoms with van der Waals surface area (Å²) in [4.78, 5) is 5.13. The van der Waals surface area contributed by atoms with Crippen LogP contribution in [0.15, 0.2) is 41.4 Å². The molecule has 0 aliphatic heterocycles. The molecule has 3 N–H and O–H groups in total. The molecule has 1 heterocycles. The maximum Gasteiger partial charge on any atom is 0.191 e. The van der Waals surface area contributed by atoms with E-state index in [1.165, 1.54) is 22.5 Å². The average Bonchev–Trinajstić information content (AvgIpc) is 3.04. The van der Waals surface area contributed by atoms with Gasteiger partial charge in [-0.25, -0.2) is 0 Å². The van der Waals surface area contributed by atoms with Crippen molar-refractivity contribution in [3.63, 3.8) is 0 Å². The summed E-state index contributed by atoms with van der Waals surface area (Å²) < 4.78 is 0.687. The standard InChI is InChI=1S/C18H22ClN3OS.HI/c1-20-18(21-11-15(23)16-8-9-17(19)24-16)22-14-7-6-12-4-2-3-5-13(12)10-14;/h2-5,8-9,14-15,23H,6-7,10-11H2,1H3,(H2,20,21,22);1H. The van der Waals surface area contributed by atoms with E-state index in [1.54, 1.807) is 13.1 Å². The van der Waals surface area contributed by atoms with Crippen LogP contribution in [0.25, 0.3) is 0 Å². The average molecular weight is 492 g/mol. The summed E-state index contributed by atoms with van der Waals surface area (Å²) in [7, 11) is 1.75. The van der Waals surface area contributed by atoms with Crippen molar-refractivity contribution in [2.75, 3.05) is 13.6 Å². The molecule has 1 aliphatic carbocycles. The molecule has 136 valence electrons. The highest BCUT2D eigenvalue weighted by Gasteiger charge is 2.19. The molecule has 0 amide bonds. The second-order valence-electron chi connectivity index (χ2n) is 5.96. The van der Waals surface area contributed by atoms with Gasteiger partial charge in [-0.1, -0.05) is 35.9 Å². The van der Waals surface area contributed by atoms with Crippen LogP contribution < -0.4 is 10.6 Å². The number of halogens is 2. The number of aliphatic hydroxyl groups is 1. The second-order valence-corrected chi connectivity index (χ2v) is 7.71. The number of thiophene rings is 1. The number of aliphatic imine (C=N–C) groups is 1. The van der Waals surface area contributed by atoms with Gasteiger partial charge in [0.05, 0.1) is 4.34 Å². The summed E-state index contributed by atoms with van der Waals surface area (Å²) in [6.07, 6.45) is 2.58. The Balaban J connectivity index is 0.00000225. The third kappa shape index (κ3) is 5.57. The van der Waals surface area contributed by atoms with Gasteiger partial charge < -0.3 is 15.7 Å². The van der Waals surface area contributed by atoms with Gasteiger partial charge in [0.1, 0.15) is 6.10 Å². The fourth-order valence-corrected chi connectivity index (χ4v) is 4.06. The molecule has 1 aromatic heterocycles. The number of guanidine groups is 1. The minimum Gasteiger partial charge on any atom is -0.386 e. The van der Waals surface area contributed by atoms with Crippen LogP contribution in [-0.4, -0.2) is 30.7 Å². The highest BCUT2D eigenvalue weighted by Crippen LogP contribution is 2.26. The molecule has 1 aliphatic rings. The van der Waals surface area contributed by atoms with Gasteiger partial charge in [0.25, 0.3) is 0 Å². The first kappa shape index (κ1) is 20.5. The van der Waals surface area contributed by atoms with Crippen LogP contribution in [0.3, 0.4) is 0 Å². The number of aryl methyl sites for hydroxylation is 1. The monoisotopic (exact) mass is 491 g/mol. The van der Waals surface area contributed by atoms with Crippen molar-refractivity contribution in [3.8, 4) is 0 Å². The highest BCUT2D eigenvalue weighted by molar-refractivity contribution is 14.0. The molecular formula is C18H23ClIN3OS. The zero-order chi connectivity index (χ0) is 16.9. The largest absolute Gasteiger partial charge is 0.386 e. The zero-order valence-corrected chi connectivity index (χ0v) is 17.9. The lowest BCUT2D eigenvalue weighted by molar-refractivity contribution is 0.184. The lowest BCUT2D eigenvalue weighted by Gasteiger charge is -2.27. The molecule has 0 saturated carbocycles. The number of nitrogens with one attached hydrogen (secondary N) is 2. The van der Waals surface area contributed by atoms with Crippen molar-refractivity contribution in [1.82, 2.24) is 10.6 Å². The minimum atomic E-state index is -0.590. The minimum absolute atomic E-state index is 0. The van der Waals surface area contributed by atoms with Gasteiger partial charge in [-0.15, -0.1) is 35.3 Å². The second kappa shape index (κ2) is 9.75. The predicted octanol–water partition coefficient (Wildman–Crippen LogP) is 3.78. The molecule has 7 heteroatoms. The number of nitrogens with zero attached hydrogens (tertiary/aromatic N) is 1. The van der Waals surface area contributed by atoms with E-state index in [9.17, 15) is 5.11 Å². The van der Waals surface area contributed by atoms with Crippen molar-refractivity contribution in [2.24, 2.45) is 4.99 Å². The van der Waals surface area contributed by atoms with Crippen LogP contribution >= 0.6 is 46.9 Å². The topological polar surface area (TPSA) is 56.7 Å².